The van der Waals surface area contributed by atoms with Gasteiger partial charge in [-0.15, -0.1) is 0 Å². The number of hydrogen-bond acceptors (Lipinski definition) is 5. The Labute approximate surface area is 107 Å². The predicted octanol–water partition coefficient (Wildman–Crippen LogP) is 0.426. The van der Waals surface area contributed by atoms with Crippen LogP contribution in [0.1, 0.15) is 18.0 Å². The van der Waals surface area contributed by atoms with Gasteiger partial charge >= 0.3 is 0 Å². The summed E-state index contributed by atoms with van der Waals surface area (Å²) in [6.45, 7) is 3.62. The highest BCUT2D eigenvalue weighted by molar-refractivity contribution is 5.40. The number of rotatable bonds is 4. The van der Waals surface area contributed by atoms with Crippen molar-refractivity contribution >= 4 is 0 Å². The van der Waals surface area contributed by atoms with Crippen LogP contribution in [-0.4, -0.2) is 53.0 Å². The summed E-state index contributed by atoms with van der Waals surface area (Å²) in [5.41, 5.74) is 0.686. The Morgan fingerprint density at radius 3 is 2.61 bits per heavy atom. The molecule has 1 aromatic carbocycles. The lowest BCUT2D eigenvalue weighted by Gasteiger charge is -2.35. The van der Waals surface area contributed by atoms with Crippen molar-refractivity contribution in [2.24, 2.45) is 0 Å². The zero-order valence-corrected chi connectivity index (χ0v) is 10.3. The maximum absolute atomic E-state index is 9.93. The summed E-state index contributed by atoms with van der Waals surface area (Å²) in [7, 11) is 0. The predicted molar refractivity (Wildman–Crippen MR) is 68.7 cm³/mol. The number of nitrogens with zero attached hydrogens (tertiary/aromatic N) is 1. The summed E-state index contributed by atoms with van der Waals surface area (Å²) >= 11 is 0. The third-order valence-electron chi connectivity index (χ3n) is 3.37. The Bertz CT molecular complexity index is 392. The van der Waals surface area contributed by atoms with Gasteiger partial charge in [-0.25, -0.2) is 0 Å². The highest BCUT2D eigenvalue weighted by Crippen LogP contribution is 2.33. The third kappa shape index (κ3) is 2.93. The van der Waals surface area contributed by atoms with E-state index in [1.54, 1.807) is 6.07 Å². The van der Waals surface area contributed by atoms with E-state index in [2.05, 4.69) is 10.2 Å². The first kappa shape index (κ1) is 13.1. The maximum Gasteiger partial charge on any atom is 0.120 e. The number of aromatic hydroxyl groups is 2. The van der Waals surface area contributed by atoms with Crippen LogP contribution in [0.25, 0.3) is 0 Å². The van der Waals surface area contributed by atoms with E-state index in [0.29, 0.717) is 12.0 Å². The zero-order valence-electron chi connectivity index (χ0n) is 10.3. The largest absolute Gasteiger partial charge is 0.508 e. The molecule has 100 valence electrons. The number of nitrogens with one attached hydrogen (secondary N) is 1. The molecule has 0 aromatic heterocycles. The number of aliphatic hydroxyl groups is 1. The highest BCUT2D eigenvalue weighted by Gasteiger charge is 2.24. The average Bonchev–Trinajstić information content (AvgIpc) is 2.40. The molecular formula is C13H20N2O3. The Kier molecular flexibility index (Phi) is 4.41. The normalized spacial score (nSPS) is 18.7. The van der Waals surface area contributed by atoms with Crippen LogP contribution in [0.15, 0.2) is 18.2 Å². The van der Waals surface area contributed by atoms with E-state index in [-0.39, 0.29) is 24.1 Å². The molecule has 5 nitrogen and oxygen atoms in total. The molecule has 4 N–H and O–H groups in total. The molecular weight excluding hydrogens is 232 g/mol. The number of hydrogen-bond donors (Lipinski definition) is 4. The Hall–Kier alpha value is -1.30. The van der Waals surface area contributed by atoms with Crippen molar-refractivity contribution in [3.63, 3.8) is 0 Å². The molecule has 1 aliphatic rings. The Morgan fingerprint density at radius 2 is 1.94 bits per heavy atom. The molecule has 0 amide bonds. The van der Waals surface area contributed by atoms with Gasteiger partial charge in [0.15, 0.2) is 0 Å². The van der Waals surface area contributed by atoms with Gasteiger partial charge < -0.3 is 20.6 Å². The number of phenolic OH excluding ortho intramolecular Hbond substituents is 2. The van der Waals surface area contributed by atoms with Gasteiger partial charge in [0.05, 0.1) is 0 Å². The fourth-order valence-electron chi connectivity index (χ4n) is 2.46. The fraction of sp³-hybridized carbons (Fsp3) is 0.538. The second-order valence-electron chi connectivity index (χ2n) is 4.56. The lowest BCUT2D eigenvalue weighted by Crippen LogP contribution is -2.45. The molecule has 1 atom stereocenters. The third-order valence-corrected chi connectivity index (χ3v) is 3.37. The van der Waals surface area contributed by atoms with Gasteiger partial charge in [0, 0.05) is 44.4 Å². The van der Waals surface area contributed by atoms with Crippen molar-refractivity contribution in [2.75, 3.05) is 32.8 Å². The fourth-order valence-corrected chi connectivity index (χ4v) is 2.46. The van der Waals surface area contributed by atoms with E-state index in [4.69, 9.17) is 0 Å². The summed E-state index contributed by atoms with van der Waals surface area (Å²) in [6.07, 6.45) is 0.553. The standard InChI is InChI=1S/C13H20N2O3/c16-8-3-12(15-6-4-14-5-7-15)11-9-10(17)1-2-13(11)18/h1-2,9,12,14,16-18H,3-8H2/t12-/m0/s1. The van der Waals surface area contributed by atoms with Crippen LogP contribution in [0.5, 0.6) is 11.5 Å². The molecule has 5 heteroatoms. The summed E-state index contributed by atoms with van der Waals surface area (Å²) in [5.74, 6) is 0.311. The van der Waals surface area contributed by atoms with Crippen molar-refractivity contribution in [3.8, 4) is 11.5 Å². The first-order chi connectivity index (χ1) is 8.72. The van der Waals surface area contributed by atoms with E-state index in [0.717, 1.165) is 26.2 Å². The Balaban J connectivity index is 2.24. The molecule has 1 heterocycles. The van der Waals surface area contributed by atoms with Crippen LogP contribution in [0, 0.1) is 0 Å². The van der Waals surface area contributed by atoms with Crippen molar-refractivity contribution in [2.45, 2.75) is 12.5 Å². The number of piperazine rings is 1. The molecule has 0 aliphatic carbocycles. The van der Waals surface area contributed by atoms with Gasteiger partial charge in [-0.1, -0.05) is 0 Å². The van der Waals surface area contributed by atoms with E-state index >= 15 is 0 Å². The van der Waals surface area contributed by atoms with E-state index in [1.165, 1.54) is 12.1 Å². The lowest BCUT2D eigenvalue weighted by molar-refractivity contribution is 0.139. The van der Waals surface area contributed by atoms with E-state index in [1.807, 2.05) is 0 Å². The van der Waals surface area contributed by atoms with E-state index < -0.39 is 0 Å². The average molecular weight is 252 g/mol. The van der Waals surface area contributed by atoms with Crippen LogP contribution in [-0.2, 0) is 0 Å². The van der Waals surface area contributed by atoms with Gasteiger partial charge in [-0.2, -0.15) is 0 Å². The topological polar surface area (TPSA) is 76.0 Å². The minimum atomic E-state index is -0.0517. The molecule has 1 aliphatic heterocycles. The minimum Gasteiger partial charge on any atom is -0.508 e. The molecule has 0 bridgehead atoms. The maximum atomic E-state index is 9.93. The molecule has 18 heavy (non-hydrogen) atoms. The second kappa shape index (κ2) is 6.04. The summed E-state index contributed by atoms with van der Waals surface area (Å²) in [6, 6.07) is 4.49. The molecule has 1 fully saturated rings. The molecule has 0 saturated carbocycles. The number of aliphatic hydroxyl groups excluding tert-OH is 1. The summed E-state index contributed by atoms with van der Waals surface area (Å²) < 4.78 is 0. The monoisotopic (exact) mass is 252 g/mol. The van der Waals surface area contributed by atoms with Crippen molar-refractivity contribution in [3.05, 3.63) is 23.8 Å². The van der Waals surface area contributed by atoms with Crippen LogP contribution in [0.4, 0.5) is 0 Å². The number of benzene rings is 1. The molecule has 0 radical (unpaired) electrons. The van der Waals surface area contributed by atoms with Gasteiger partial charge in [-0.3, -0.25) is 4.90 Å². The molecule has 0 unspecified atom stereocenters. The van der Waals surface area contributed by atoms with E-state index in [9.17, 15) is 15.3 Å². The van der Waals surface area contributed by atoms with Gasteiger partial charge in [0.25, 0.3) is 0 Å². The van der Waals surface area contributed by atoms with Gasteiger partial charge in [0.1, 0.15) is 11.5 Å². The van der Waals surface area contributed by atoms with Crippen LogP contribution < -0.4 is 5.32 Å². The lowest BCUT2D eigenvalue weighted by atomic mass is 10.00. The second-order valence-corrected chi connectivity index (χ2v) is 4.56. The van der Waals surface area contributed by atoms with Gasteiger partial charge in [-0.05, 0) is 24.6 Å². The summed E-state index contributed by atoms with van der Waals surface area (Å²) in [4.78, 5) is 2.22. The smallest absolute Gasteiger partial charge is 0.120 e. The molecule has 0 spiro atoms. The van der Waals surface area contributed by atoms with Crippen molar-refractivity contribution in [1.82, 2.24) is 10.2 Å². The first-order valence-corrected chi connectivity index (χ1v) is 6.30. The van der Waals surface area contributed by atoms with Gasteiger partial charge in [0.2, 0.25) is 0 Å². The van der Waals surface area contributed by atoms with Crippen LogP contribution >= 0.6 is 0 Å². The quantitative estimate of drug-likeness (QED) is 0.585. The van der Waals surface area contributed by atoms with Crippen LogP contribution in [0.3, 0.4) is 0 Å². The molecule has 2 rings (SSSR count). The SMILES string of the molecule is OCC[C@@H](c1cc(O)ccc1O)N1CCNCC1. The zero-order chi connectivity index (χ0) is 13.0. The number of phenols is 2. The highest BCUT2D eigenvalue weighted by atomic mass is 16.3. The minimum absolute atomic E-state index is 0.0517. The Morgan fingerprint density at radius 1 is 1.22 bits per heavy atom. The van der Waals surface area contributed by atoms with Crippen LogP contribution in [0.2, 0.25) is 0 Å². The summed E-state index contributed by atoms with van der Waals surface area (Å²) in [5, 5.41) is 32.0. The molecule has 1 aromatic rings. The van der Waals surface area contributed by atoms with Crippen molar-refractivity contribution in [1.29, 1.82) is 0 Å². The first-order valence-electron chi connectivity index (χ1n) is 6.30. The van der Waals surface area contributed by atoms with Crippen molar-refractivity contribution < 1.29 is 15.3 Å². The molecule has 1 saturated heterocycles.